The summed E-state index contributed by atoms with van der Waals surface area (Å²) in [7, 11) is 1.58. The molecule has 1 aliphatic rings. The molecule has 0 spiro atoms. The fourth-order valence-corrected chi connectivity index (χ4v) is 2.51. The number of carbonyl (C=O) groups excluding carboxylic acids is 2. The van der Waals surface area contributed by atoms with Crippen LogP contribution in [-0.2, 0) is 19.1 Å². The van der Waals surface area contributed by atoms with Crippen molar-refractivity contribution in [3.8, 4) is 0 Å². The number of hydrogen-bond donors (Lipinski definition) is 1. The van der Waals surface area contributed by atoms with Gasteiger partial charge in [0.25, 0.3) is 0 Å². The van der Waals surface area contributed by atoms with Gasteiger partial charge in [-0.3, -0.25) is 9.59 Å². The summed E-state index contributed by atoms with van der Waals surface area (Å²) in [5, 5.41) is 3.35. The maximum Gasteiger partial charge on any atom is 0.325 e. The molecule has 0 aromatic heterocycles. The fourth-order valence-electron chi connectivity index (χ4n) is 2.51. The maximum absolute atomic E-state index is 12.3. The van der Waals surface area contributed by atoms with Crippen LogP contribution in [0.1, 0.15) is 32.6 Å². The molecule has 1 unspecified atom stereocenters. The molecule has 0 aromatic carbocycles. The predicted molar refractivity (Wildman–Crippen MR) is 79.9 cm³/mol. The molecule has 1 atom stereocenters. The van der Waals surface area contributed by atoms with Crippen molar-refractivity contribution in [1.29, 1.82) is 0 Å². The summed E-state index contributed by atoms with van der Waals surface area (Å²) in [5.41, 5.74) is 0. The van der Waals surface area contributed by atoms with E-state index in [-0.39, 0.29) is 18.4 Å². The second-order valence-corrected chi connectivity index (χ2v) is 5.36. The van der Waals surface area contributed by atoms with Gasteiger partial charge in [0.1, 0.15) is 6.54 Å². The summed E-state index contributed by atoms with van der Waals surface area (Å²) in [6.07, 6.45) is 3.71. The van der Waals surface area contributed by atoms with Crippen LogP contribution in [0.15, 0.2) is 0 Å². The lowest BCUT2D eigenvalue weighted by Gasteiger charge is -2.25. The molecule has 6 heteroatoms. The Morgan fingerprint density at radius 3 is 2.81 bits per heavy atom. The van der Waals surface area contributed by atoms with E-state index in [0.29, 0.717) is 32.1 Å². The number of piperidine rings is 1. The molecule has 0 saturated carbocycles. The minimum atomic E-state index is -0.360. The van der Waals surface area contributed by atoms with Gasteiger partial charge in [-0.15, -0.1) is 0 Å². The fraction of sp³-hybridized carbons (Fsp3) is 0.867. The van der Waals surface area contributed by atoms with Crippen LogP contribution in [0.2, 0.25) is 0 Å². The van der Waals surface area contributed by atoms with Crippen LogP contribution in [0.25, 0.3) is 0 Å². The first-order valence-electron chi connectivity index (χ1n) is 7.80. The Kier molecular flexibility index (Phi) is 9.01. The van der Waals surface area contributed by atoms with Gasteiger partial charge in [-0.25, -0.2) is 0 Å². The Hall–Kier alpha value is -1.14. The number of amides is 1. The number of rotatable bonds is 9. The van der Waals surface area contributed by atoms with Crippen molar-refractivity contribution in [3.05, 3.63) is 0 Å². The van der Waals surface area contributed by atoms with Gasteiger partial charge in [-0.1, -0.05) is 0 Å². The summed E-state index contributed by atoms with van der Waals surface area (Å²) >= 11 is 0. The summed E-state index contributed by atoms with van der Waals surface area (Å²) in [4.78, 5) is 25.4. The Labute approximate surface area is 127 Å². The topological polar surface area (TPSA) is 67.9 Å². The highest BCUT2D eigenvalue weighted by atomic mass is 16.5. The van der Waals surface area contributed by atoms with Crippen LogP contribution in [0.5, 0.6) is 0 Å². The van der Waals surface area contributed by atoms with Crippen molar-refractivity contribution in [1.82, 2.24) is 10.2 Å². The number of methoxy groups -OCH3 is 1. The standard InChI is InChI=1S/C15H28N2O4/c1-3-21-15(19)12-17(9-10-20-2)14(18)7-6-13-5-4-8-16-11-13/h13,16H,3-12H2,1-2H3. The van der Waals surface area contributed by atoms with Crippen molar-refractivity contribution >= 4 is 11.9 Å². The summed E-state index contributed by atoms with van der Waals surface area (Å²) in [6, 6.07) is 0. The van der Waals surface area contributed by atoms with E-state index in [1.165, 1.54) is 17.7 Å². The van der Waals surface area contributed by atoms with Crippen molar-refractivity contribution < 1.29 is 19.1 Å². The monoisotopic (exact) mass is 300 g/mol. The first kappa shape index (κ1) is 17.9. The molecule has 1 N–H and O–H groups in total. The molecule has 122 valence electrons. The average molecular weight is 300 g/mol. The number of nitrogens with zero attached hydrogens (tertiary/aromatic N) is 1. The summed E-state index contributed by atoms with van der Waals surface area (Å²) in [5.74, 6) is 0.210. The zero-order valence-corrected chi connectivity index (χ0v) is 13.2. The van der Waals surface area contributed by atoms with E-state index in [1.807, 2.05) is 0 Å². The molecular weight excluding hydrogens is 272 g/mol. The van der Waals surface area contributed by atoms with Crippen LogP contribution in [0, 0.1) is 5.92 Å². The summed E-state index contributed by atoms with van der Waals surface area (Å²) < 4.78 is 9.92. The van der Waals surface area contributed by atoms with Crippen LogP contribution in [-0.4, -0.2) is 63.3 Å². The highest BCUT2D eigenvalue weighted by Crippen LogP contribution is 2.16. The van der Waals surface area contributed by atoms with Crippen LogP contribution >= 0.6 is 0 Å². The molecule has 1 saturated heterocycles. The molecule has 0 bridgehead atoms. The number of hydrogen-bond acceptors (Lipinski definition) is 5. The lowest BCUT2D eigenvalue weighted by molar-refractivity contribution is -0.149. The largest absolute Gasteiger partial charge is 0.465 e. The molecule has 1 aliphatic heterocycles. The second kappa shape index (κ2) is 10.6. The SMILES string of the molecule is CCOC(=O)CN(CCOC)C(=O)CCC1CCCNC1. The lowest BCUT2D eigenvalue weighted by Crippen LogP contribution is -2.39. The van der Waals surface area contributed by atoms with Gasteiger partial charge in [-0.2, -0.15) is 0 Å². The van der Waals surface area contributed by atoms with E-state index in [1.54, 1.807) is 14.0 Å². The molecule has 0 radical (unpaired) electrons. The zero-order chi connectivity index (χ0) is 15.5. The van der Waals surface area contributed by atoms with E-state index >= 15 is 0 Å². The van der Waals surface area contributed by atoms with Crippen molar-refractivity contribution in [3.63, 3.8) is 0 Å². The van der Waals surface area contributed by atoms with E-state index in [4.69, 9.17) is 9.47 Å². The average Bonchev–Trinajstić information content (AvgIpc) is 2.50. The summed E-state index contributed by atoms with van der Waals surface area (Å²) in [6.45, 7) is 5.02. The smallest absolute Gasteiger partial charge is 0.325 e. The first-order valence-corrected chi connectivity index (χ1v) is 7.80. The molecule has 0 aromatic rings. The van der Waals surface area contributed by atoms with Gasteiger partial charge in [0, 0.05) is 20.1 Å². The van der Waals surface area contributed by atoms with E-state index in [2.05, 4.69) is 5.32 Å². The molecule has 1 fully saturated rings. The van der Waals surface area contributed by atoms with Gasteiger partial charge in [0.2, 0.25) is 5.91 Å². The Morgan fingerprint density at radius 2 is 2.19 bits per heavy atom. The van der Waals surface area contributed by atoms with E-state index in [0.717, 1.165) is 19.5 Å². The van der Waals surface area contributed by atoms with Crippen molar-refractivity contribution in [2.75, 3.05) is 46.5 Å². The van der Waals surface area contributed by atoms with E-state index < -0.39 is 0 Å². The maximum atomic E-state index is 12.3. The molecule has 21 heavy (non-hydrogen) atoms. The Morgan fingerprint density at radius 1 is 1.38 bits per heavy atom. The van der Waals surface area contributed by atoms with Gasteiger partial charge in [-0.05, 0) is 45.2 Å². The normalized spacial score (nSPS) is 18.3. The van der Waals surface area contributed by atoms with Crippen LogP contribution in [0.3, 0.4) is 0 Å². The number of carbonyl (C=O) groups is 2. The third-order valence-corrected chi connectivity index (χ3v) is 3.71. The van der Waals surface area contributed by atoms with Crippen LogP contribution < -0.4 is 5.32 Å². The van der Waals surface area contributed by atoms with Crippen LogP contribution in [0.4, 0.5) is 0 Å². The molecule has 1 amide bonds. The van der Waals surface area contributed by atoms with Gasteiger partial charge in [0.05, 0.1) is 13.2 Å². The van der Waals surface area contributed by atoms with E-state index in [9.17, 15) is 9.59 Å². The Balaban J connectivity index is 2.39. The second-order valence-electron chi connectivity index (χ2n) is 5.36. The van der Waals surface area contributed by atoms with Gasteiger partial charge in [0.15, 0.2) is 0 Å². The lowest BCUT2D eigenvalue weighted by atomic mass is 9.94. The number of ether oxygens (including phenoxy) is 2. The Bertz CT molecular complexity index is 317. The zero-order valence-electron chi connectivity index (χ0n) is 13.2. The quantitative estimate of drug-likeness (QED) is 0.638. The third-order valence-electron chi connectivity index (χ3n) is 3.71. The van der Waals surface area contributed by atoms with Crippen molar-refractivity contribution in [2.24, 2.45) is 5.92 Å². The molecular formula is C15H28N2O4. The molecule has 1 rings (SSSR count). The van der Waals surface area contributed by atoms with Gasteiger partial charge >= 0.3 is 5.97 Å². The molecule has 1 heterocycles. The highest BCUT2D eigenvalue weighted by molar-refractivity contribution is 5.82. The van der Waals surface area contributed by atoms with Crippen molar-refractivity contribution in [2.45, 2.75) is 32.6 Å². The third kappa shape index (κ3) is 7.43. The van der Waals surface area contributed by atoms with Gasteiger partial charge < -0.3 is 19.7 Å². The molecule has 0 aliphatic carbocycles. The highest BCUT2D eigenvalue weighted by Gasteiger charge is 2.20. The predicted octanol–water partition coefficient (Wildman–Crippen LogP) is 0.804. The number of nitrogens with one attached hydrogen (secondary N) is 1. The minimum Gasteiger partial charge on any atom is -0.465 e. The first-order chi connectivity index (χ1) is 10.2. The number of esters is 1. The molecule has 6 nitrogen and oxygen atoms in total. The minimum absolute atomic E-state index is 0.00526.